The molecule has 3 aromatic rings. The Labute approximate surface area is 218 Å². The summed E-state index contributed by atoms with van der Waals surface area (Å²) in [5, 5.41) is 6.18. The highest BCUT2D eigenvalue weighted by molar-refractivity contribution is 7.93. The third-order valence-electron chi connectivity index (χ3n) is 6.22. The SMILES string of the molecule is Cc1cc(C)c(C(=O)P(=O)(c2ccccc2)c2ccccc2)c(C)c1NC(=O)C(=O)NCCCN(C)C. The third kappa shape index (κ3) is 6.24. The Morgan fingerprint density at radius 2 is 1.35 bits per heavy atom. The zero-order chi connectivity index (χ0) is 27.2. The highest BCUT2D eigenvalue weighted by Crippen LogP contribution is 2.48. The molecular formula is C29H34N3O4P. The lowest BCUT2D eigenvalue weighted by molar-refractivity contribution is -0.136. The molecule has 0 bridgehead atoms. The molecule has 0 saturated carbocycles. The number of nitrogens with one attached hydrogen (secondary N) is 2. The van der Waals surface area contributed by atoms with Crippen LogP contribution in [0, 0.1) is 20.8 Å². The van der Waals surface area contributed by atoms with Gasteiger partial charge in [0.2, 0.25) is 12.7 Å². The van der Waals surface area contributed by atoms with Crippen molar-refractivity contribution in [2.45, 2.75) is 27.2 Å². The van der Waals surface area contributed by atoms with Gasteiger partial charge in [0.15, 0.2) is 0 Å². The number of amides is 2. The van der Waals surface area contributed by atoms with Gasteiger partial charge in [0.05, 0.1) is 0 Å². The fourth-order valence-electron chi connectivity index (χ4n) is 4.37. The van der Waals surface area contributed by atoms with Crippen molar-refractivity contribution in [3.63, 3.8) is 0 Å². The number of hydrogen-bond acceptors (Lipinski definition) is 5. The number of aryl methyl sites for hydroxylation is 2. The molecule has 0 heterocycles. The van der Waals surface area contributed by atoms with E-state index < -0.39 is 24.5 Å². The number of rotatable bonds is 9. The molecule has 0 atom stereocenters. The summed E-state index contributed by atoms with van der Waals surface area (Å²) in [7, 11) is 0.130. The summed E-state index contributed by atoms with van der Waals surface area (Å²) in [5.74, 6) is -1.56. The molecule has 2 amide bonds. The second-order valence-electron chi connectivity index (χ2n) is 9.34. The molecule has 0 aliphatic heterocycles. The van der Waals surface area contributed by atoms with Crippen LogP contribution in [0.3, 0.4) is 0 Å². The van der Waals surface area contributed by atoms with Crippen LogP contribution in [0.1, 0.15) is 33.5 Å². The van der Waals surface area contributed by atoms with Gasteiger partial charge in [-0.3, -0.25) is 14.4 Å². The highest BCUT2D eigenvalue weighted by atomic mass is 31.2. The molecule has 0 fully saturated rings. The van der Waals surface area contributed by atoms with Gasteiger partial charge in [-0.05, 0) is 64.5 Å². The lowest BCUT2D eigenvalue weighted by atomic mass is 9.98. The van der Waals surface area contributed by atoms with Crippen molar-refractivity contribution in [2.75, 3.05) is 32.5 Å². The monoisotopic (exact) mass is 519 g/mol. The molecule has 3 rings (SSSR count). The molecular weight excluding hydrogens is 485 g/mol. The number of anilines is 1. The normalized spacial score (nSPS) is 11.3. The number of carbonyl (C=O) groups excluding carboxylic acids is 3. The molecule has 0 saturated heterocycles. The number of nitrogens with zero attached hydrogens (tertiary/aromatic N) is 1. The van der Waals surface area contributed by atoms with E-state index in [0.29, 0.717) is 46.0 Å². The minimum absolute atomic E-state index is 0.281. The van der Waals surface area contributed by atoms with Crippen molar-refractivity contribution in [3.05, 3.63) is 89.0 Å². The molecule has 3 aromatic carbocycles. The van der Waals surface area contributed by atoms with E-state index in [1.165, 1.54) is 0 Å². The summed E-state index contributed by atoms with van der Waals surface area (Å²) in [6.45, 7) is 6.45. The summed E-state index contributed by atoms with van der Waals surface area (Å²) in [4.78, 5) is 41.2. The van der Waals surface area contributed by atoms with Gasteiger partial charge in [0.25, 0.3) is 0 Å². The Bertz CT molecular complexity index is 1290. The van der Waals surface area contributed by atoms with Crippen LogP contribution in [0.2, 0.25) is 0 Å². The smallest absolute Gasteiger partial charge is 0.313 e. The fraction of sp³-hybridized carbons (Fsp3) is 0.276. The van der Waals surface area contributed by atoms with E-state index in [0.717, 1.165) is 6.54 Å². The Morgan fingerprint density at radius 1 is 0.811 bits per heavy atom. The van der Waals surface area contributed by atoms with Gasteiger partial charge in [0, 0.05) is 28.4 Å². The molecule has 194 valence electrons. The van der Waals surface area contributed by atoms with Crippen molar-refractivity contribution < 1.29 is 18.9 Å². The maximum Gasteiger partial charge on any atom is 0.313 e. The predicted molar refractivity (Wildman–Crippen MR) is 150 cm³/mol. The van der Waals surface area contributed by atoms with E-state index in [9.17, 15) is 18.9 Å². The number of carbonyl (C=O) groups is 3. The second kappa shape index (κ2) is 12.1. The average molecular weight is 520 g/mol. The largest absolute Gasteiger partial charge is 0.348 e. The zero-order valence-electron chi connectivity index (χ0n) is 22.0. The van der Waals surface area contributed by atoms with Crippen molar-refractivity contribution in [3.8, 4) is 0 Å². The van der Waals surface area contributed by atoms with E-state index >= 15 is 0 Å². The third-order valence-corrected chi connectivity index (χ3v) is 9.07. The first-order valence-corrected chi connectivity index (χ1v) is 13.9. The first kappa shape index (κ1) is 28.0. The van der Waals surface area contributed by atoms with E-state index in [1.54, 1.807) is 75.4 Å². The van der Waals surface area contributed by atoms with Crippen molar-refractivity contribution in [1.82, 2.24) is 10.2 Å². The first-order valence-electron chi connectivity index (χ1n) is 12.2. The fourth-order valence-corrected chi connectivity index (χ4v) is 6.98. The standard InChI is InChI=1S/C29H34N3O4P/c1-20-19-21(2)26(31-28(34)27(33)30-17-12-18-32(4)5)22(3)25(20)29(35)37(36,23-13-8-6-9-14-23)24-15-10-7-11-16-24/h6-11,13-16,19H,12,17-18H2,1-5H3,(H,30,33)(H,31,34). The van der Waals surface area contributed by atoms with Crippen LogP contribution in [0.4, 0.5) is 5.69 Å². The van der Waals surface area contributed by atoms with Crippen LogP contribution in [0.5, 0.6) is 0 Å². The van der Waals surface area contributed by atoms with Crippen LogP contribution < -0.4 is 21.2 Å². The van der Waals surface area contributed by atoms with Gasteiger partial charge in [0.1, 0.15) is 0 Å². The molecule has 0 aliphatic carbocycles. The Morgan fingerprint density at radius 3 is 1.86 bits per heavy atom. The van der Waals surface area contributed by atoms with Crippen molar-refractivity contribution >= 4 is 40.8 Å². The summed E-state index contributed by atoms with van der Waals surface area (Å²) < 4.78 is 14.6. The molecule has 0 radical (unpaired) electrons. The van der Waals surface area contributed by atoms with E-state index in [1.807, 2.05) is 31.1 Å². The van der Waals surface area contributed by atoms with Crippen molar-refractivity contribution in [2.24, 2.45) is 0 Å². The topological polar surface area (TPSA) is 95.6 Å². The molecule has 0 aromatic heterocycles. The molecule has 8 heteroatoms. The van der Waals surface area contributed by atoms with Gasteiger partial charge >= 0.3 is 11.8 Å². The summed E-state index contributed by atoms with van der Waals surface area (Å²) in [5.41, 5.74) is 1.97. The molecule has 0 spiro atoms. The quantitative estimate of drug-likeness (QED) is 0.255. The molecule has 2 N–H and O–H groups in total. The van der Waals surface area contributed by atoms with Gasteiger partial charge < -0.3 is 20.1 Å². The number of benzene rings is 3. The summed E-state index contributed by atoms with van der Waals surface area (Å²) in [6.07, 6.45) is 0.710. The Kier molecular flexibility index (Phi) is 9.19. The summed E-state index contributed by atoms with van der Waals surface area (Å²) in [6, 6.07) is 19.2. The maximum atomic E-state index is 14.6. The van der Waals surface area contributed by atoms with Gasteiger partial charge in [-0.15, -0.1) is 0 Å². The lowest BCUT2D eigenvalue weighted by Gasteiger charge is -2.22. The van der Waals surface area contributed by atoms with Crippen LogP contribution in [-0.4, -0.2) is 49.4 Å². The average Bonchev–Trinajstić information content (AvgIpc) is 2.89. The van der Waals surface area contributed by atoms with Crippen LogP contribution in [-0.2, 0) is 14.2 Å². The molecule has 0 unspecified atom stereocenters. The maximum absolute atomic E-state index is 14.6. The van der Waals surface area contributed by atoms with Gasteiger partial charge in [-0.2, -0.15) is 0 Å². The Hall–Kier alpha value is -3.54. The lowest BCUT2D eigenvalue weighted by Crippen LogP contribution is -2.37. The highest BCUT2D eigenvalue weighted by Gasteiger charge is 2.38. The summed E-state index contributed by atoms with van der Waals surface area (Å²) >= 11 is 0. The van der Waals surface area contributed by atoms with Gasteiger partial charge in [-0.25, -0.2) is 0 Å². The van der Waals surface area contributed by atoms with E-state index in [2.05, 4.69) is 10.6 Å². The van der Waals surface area contributed by atoms with Crippen LogP contribution >= 0.6 is 7.14 Å². The van der Waals surface area contributed by atoms with Crippen LogP contribution in [0.25, 0.3) is 0 Å². The zero-order valence-corrected chi connectivity index (χ0v) is 22.9. The molecule has 0 aliphatic rings. The van der Waals surface area contributed by atoms with Crippen LogP contribution in [0.15, 0.2) is 66.7 Å². The van der Waals surface area contributed by atoms with Crippen molar-refractivity contribution in [1.29, 1.82) is 0 Å². The first-order chi connectivity index (χ1) is 17.6. The Balaban J connectivity index is 1.99. The van der Waals surface area contributed by atoms with E-state index in [4.69, 9.17) is 0 Å². The van der Waals surface area contributed by atoms with E-state index in [-0.39, 0.29) is 5.56 Å². The minimum atomic E-state index is -3.74. The van der Waals surface area contributed by atoms with Gasteiger partial charge in [-0.1, -0.05) is 66.7 Å². The molecule has 7 nitrogen and oxygen atoms in total. The molecule has 37 heavy (non-hydrogen) atoms. The second-order valence-corrected chi connectivity index (χ2v) is 12.0. The predicted octanol–water partition coefficient (Wildman–Crippen LogP) is 3.77. The number of hydrogen-bond donors (Lipinski definition) is 2. The minimum Gasteiger partial charge on any atom is -0.348 e.